The monoisotopic (exact) mass is 291 g/mol. The Morgan fingerprint density at radius 1 is 1.30 bits per heavy atom. The Labute approximate surface area is 118 Å². The van der Waals surface area contributed by atoms with Crippen LogP contribution in [0, 0.1) is 6.92 Å². The summed E-state index contributed by atoms with van der Waals surface area (Å²) in [4.78, 5) is 4.63. The minimum absolute atomic E-state index is 0.0352. The molecule has 0 spiro atoms. The number of nitrogens with one attached hydrogen (secondary N) is 1. The second kappa shape index (κ2) is 4.80. The van der Waals surface area contributed by atoms with Crippen LogP contribution in [-0.2, 0) is 10.0 Å². The molecule has 3 rings (SSSR count). The predicted octanol–water partition coefficient (Wildman–Crippen LogP) is 1.14. The first-order chi connectivity index (χ1) is 9.51. The molecule has 0 atom stereocenters. The highest BCUT2D eigenvalue weighted by Crippen LogP contribution is 2.27. The molecule has 1 aromatic heterocycles. The van der Waals surface area contributed by atoms with E-state index >= 15 is 0 Å². The van der Waals surface area contributed by atoms with Gasteiger partial charge < -0.3 is 5.32 Å². The molecule has 20 heavy (non-hydrogen) atoms. The number of rotatable bonds is 3. The predicted molar refractivity (Wildman–Crippen MR) is 78.1 cm³/mol. The summed E-state index contributed by atoms with van der Waals surface area (Å²) in [6.45, 7) is 3.35. The van der Waals surface area contributed by atoms with Crippen LogP contribution in [-0.4, -0.2) is 43.9 Å². The van der Waals surface area contributed by atoms with Gasteiger partial charge in [0.1, 0.15) is 0 Å². The van der Waals surface area contributed by atoms with Gasteiger partial charge in [-0.15, -0.1) is 0 Å². The van der Waals surface area contributed by atoms with Crippen molar-refractivity contribution < 1.29 is 8.42 Å². The van der Waals surface area contributed by atoms with Crippen LogP contribution in [0.5, 0.6) is 0 Å². The first kappa shape index (κ1) is 13.5. The summed E-state index contributed by atoms with van der Waals surface area (Å²) in [5, 5.41) is 3.78. The van der Waals surface area contributed by atoms with E-state index in [1.807, 2.05) is 19.1 Å². The van der Waals surface area contributed by atoms with Gasteiger partial charge in [0.15, 0.2) is 0 Å². The van der Waals surface area contributed by atoms with Gasteiger partial charge in [-0.3, -0.25) is 4.98 Å². The summed E-state index contributed by atoms with van der Waals surface area (Å²) in [7, 11) is -1.85. The van der Waals surface area contributed by atoms with E-state index in [-0.39, 0.29) is 6.04 Å². The summed E-state index contributed by atoms with van der Waals surface area (Å²) in [5.41, 5.74) is 1.72. The van der Waals surface area contributed by atoms with Gasteiger partial charge >= 0.3 is 0 Å². The third-order valence-corrected chi connectivity index (χ3v) is 5.83. The quantitative estimate of drug-likeness (QED) is 0.921. The van der Waals surface area contributed by atoms with Gasteiger partial charge in [0.25, 0.3) is 0 Å². The Hall–Kier alpha value is -1.50. The third-order valence-electron chi connectivity index (χ3n) is 3.86. The van der Waals surface area contributed by atoms with E-state index in [4.69, 9.17) is 0 Å². The van der Waals surface area contributed by atoms with Gasteiger partial charge in [-0.2, -0.15) is 4.31 Å². The Balaban J connectivity index is 2.16. The Morgan fingerprint density at radius 3 is 2.70 bits per heavy atom. The highest BCUT2D eigenvalue weighted by atomic mass is 32.2. The number of pyridine rings is 1. The highest BCUT2D eigenvalue weighted by molar-refractivity contribution is 7.89. The van der Waals surface area contributed by atoms with Crippen LogP contribution in [0.4, 0.5) is 0 Å². The molecule has 0 radical (unpaired) electrons. The standard InChI is InChI=1S/C14H17N3O2S/c1-10-5-6-13(12-4-3-7-16-14(10)12)20(18,19)17(2)11-8-15-9-11/h3-7,11,15H,8-9H2,1-2H3. The molecule has 0 unspecified atom stereocenters. The smallest absolute Gasteiger partial charge is 0.243 e. The molecule has 2 aromatic rings. The van der Waals surface area contributed by atoms with Gasteiger partial charge in [0.05, 0.1) is 10.4 Å². The first-order valence-electron chi connectivity index (χ1n) is 6.55. The fourth-order valence-corrected chi connectivity index (χ4v) is 3.93. The van der Waals surface area contributed by atoms with Crippen LogP contribution in [0.2, 0.25) is 0 Å². The number of sulfonamides is 1. The Morgan fingerprint density at radius 2 is 2.05 bits per heavy atom. The maximum absolute atomic E-state index is 12.8. The molecule has 0 amide bonds. The lowest BCUT2D eigenvalue weighted by Gasteiger charge is -2.34. The second-order valence-corrected chi connectivity index (χ2v) is 7.08. The summed E-state index contributed by atoms with van der Waals surface area (Å²) in [6, 6.07) is 7.11. The highest BCUT2D eigenvalue weighted by Gasteiger charge is 2.32. The maximum Gasteiger partial charge on any atom is 0.243 e. The molecule has 0 bridgehead atoms. The van der Waals surface area contributed by atoms with Gasteiger partial charge in [0.2, 0.25) is 10.0 Å². The molecule has 0 aliphatic carbocycles. The Bertz CT molecular complexity index is 754. The largest absolute Gasteiger partial charge is 0.313 e. The number of benzene rings is 1. The average molecular weight is 291 g/mol. The van der Waals surface area contributed by atoms with E-state index in [1.165, 1.54) is 4.31 Å². The minimum Gasteiger partial charge on any atom is -0.313 e. The maximum atomic E-state index is 12.8. The van der Waals surface area contributed by atoms with Crippen molar-refractivity contribution in [2.75, 3.05) is 20.1 Å². The van der Waals surface area contributed by atoms with Crippen molar-refractivity contribution in [1.82, 2.24) is 14.6 Å². The van der Waals surface area contributed by atoms with Crippen molar-refractivity contribution in [2.24, 2.45) is 0 Å². The average Bonchev–Trinajstić information content (AvgIpc) is 2.37. The number of fused-ring (bicyclic) bond motifs is 1. The van der Waals surface area contributed by atoms with E-state index in [0.29, 0.717) is 23.4 Å². The molecular weight excluding hydrogens is 274 g/mol. The van der Waals surface area contributed by atoms with Gasteiger partial charge in [0, 0.05) is 37.8 Å². The van der Waals surface area contributed by atoms with E-state index in [2.05, 4.69) is 10.3 Å². The van der Waals surface area contributed by atoms with Gasteiger partial charge in [-0.25, -0.2) is 8.42 Å². The summed E-state index contributed by atoms with van der Waals surface area (Å²) in [5.74, 6) is 0. The number of likely N-dealkylation sites (N-methyl/N-ethyl adjacent to an activating group) is 1. The molecule has 106 valence electrons. The van der Waals surface area contributed by atoms with Crippen LogP contribution < -0.4 is 5.32 Å². The number of aromatic nitrogens is 1. The zero-order valence-electron chi connectivity index (χ0n) is 11.5. The van der Waals surface area contributed by atoms with Gasteiger partial charge in [-0.1, -0.05) is 6.07 Å². The zero-order valence-corrected chi connectivity index (χ0v) is 12.3. The first-order valence-corrected chi connectivity index (χ1v) is 7.99. The van der Waals surface area contributed by atoms with Crippen molar-refractivity contribution in [2.45, 2.75) is 17.9 Å². The molecule has 1 aliphatic rings. The molecule has 0 saturated carbocycles. The van der Waals surface area contributed by atoms with Crippen molar-refractivity contribution in [3.05, 3.63) is 36.0 Å². The molecule has 2 heterocycles. The van der Waals surface area contributed by atoms with Crippen LogP contribution in [0.1, 0.15) is 5.56 Å². The lowest BCUT2D eigenvalue weighted by atomic mass is 10.1. The van der Waals surface area contributed by atoms with Crippen molar-refractivity contribution in [1.29, 1.82) is 0 Å². The van der Waals surface area contributed by atoms with Crippen LogP contribution >= 0.6 is 0 Å². The van der Waals surface area contributed by atoms with Crippen LogP contribution in [0.25, 0.3) is 10.9 Å². The SMILES string of the molecule is Cc1ccc(S(=O)(=O)N(C)C2CNC2)c2cccnc12. The molecule has 1 aromatic carbocycles. The molecule has 5 nitrogen and oxygen atoms in total. The summed E-state index contributed by atoms with van der Waals surface area (Å²) < 4.78 is 27.0. The molecular formula is C14H17N3O2S. The molecule has 6 heteroatoms. The number of aryl methyl sites for hydroxylation is 1. The number of hydrogen-bond acceptors (Lipinski definition) is 4. The van der Waals surface area contributed by atoms with Crippen LogP contribution in [0.3, 0.4) is 0 Å². The van der Waals surface area contributed by atoms with Crippen LogP contribution in [0.15, 0.2) is 35.4 Å². The molecule has 1 N–H and O–H groups in total. The Kier molecular flexibility index (Phi) is 3.24. The van der Waals surface area contributed by atoms with Crippen molar-refractivity contribution >= 4 is 20.9 Å². The third kappa shape index (κ3) is 2.00. The molecule has 1 fully saturated rings. The van der Waals surface area contributed by atoms with Crippen molar-refractivity contribution in [3.8, 4) is 0 Å². The van der Waals surface area contributed by atoms with E-state index in [0.717, 1.165) is 11.1 Å². The summed E-state index contributed by atoms with van der Waals surface area (Å²) in [6.07, 6.45) is 1.69. The lowest BCUT2D eigenvalue weighted by Crippen LogP contribution is -2.57. The number of hydrogen-bond donors (Lipinski definition) is 1. The fourth-order valence-electron chi connectivity index (χ4n) is 2.39. The van der Waals surface area contributed by atoms with E-state index in [9.17, 15) is 8.42 Å². The minimum atomic E-state index is -3.49. The second-order valence-electron chi connectivity index (χ2n) is 5.11. The molecule has 1 saturated heterocycles. The lowest BCUT2D eigenvalue weighted by molar-refractivity contribution is 0.274. The van der Waals surface area contributed by atoms with Crippen molar-refractivity contribution in [3.63, 3.8) is 0 Å². The summed E-state index contributed by atoms with van der Waals surface area (Å²) >= 11 is 0. The number of nitrogens with zero attached hydrogens (tertiary/aromatic N) is 2. The zero-order chi connectivity index (χ0) is 14.3. The van der Waals surface area contributed by atoms with E-state index < -0.39 is 10.0 Å². The fraction of sp³-hybridized carbons (Fsp3) is 0.357. The molecule has 1 aliphatic heterocycles. The topological polar surface area (TPSA) is 62.3 Å². The normalized spacial score (nSPS) is 16.6. The van der Waals surface area contributed by atoms with Gasteiger partial charge in [-0.05, 0) is 30.7 Å². The van der Waals surface area contributed by atoms with E-state index in [1.54, 1.807) is 25.4 Å².